The predicted molar refractivity (Wildman–Crippen MR) is 66.1 cm³/mol. The number of halogens is 1. The van der Waals surface area contributed by atoms with Crippen molar-refractivity contribution < 1.29 is 4.79 Å². The third-order valence-electron chi connectivity index (χ3n) is 2.85. The highest BCUT2D eigenvalue weighted by molar-refractivity contribution is 7.14. The SMILES string of the molecule is CNC(=O)C1CCN(c2nc(Cl)cs2)CC1. The molecule has 0 saturated carbocycles. The Morgan fingerprint density at radius 1 is 1.62 bits per heavy atom. The number of rotatable bonds is 2. The normalized spacial score (nSPS) is 17.5. The second-order valence-corrected chi connectivity index (χ2v) is 5.05. The number of hydrogen-bond acceptors (Lipinski definition) is 4. The minimum Gasteiger partial charge on any atom is -0.359 e. The number of nitrogens with one attached hydrogen (secondary N) is 1. The summed E-state index contributed by atoms with van der Waals surface area (Å²) in [5.74, 6) is 0.300. The lowest BCUT2D eigenvalue weighted by Crippen LogP contribution is -2.39. The maximum Gasteiger partial charge on any atom is 0.222 e. The van der Waals surface area contributed by atoms with E-state index >= 15 is 0 Å². The maximum atomic E-state index is 11.5. The molecule has 0 radical (unpaired) electrons. The van der Waals surface area contributed by atoms with E-state index in [4.69, 9.17) is 11.6 Å². The van der Waals surface area contributed by atoms with Crippen molar-refractivity contribution in [3.63, 3.8) is 0 Å². The van der Waals surface area contributed by atoms with E-state index in [1.54, 1.807) is 18.4 Å². The van der Waals surface area contributed by atoms with Crippen molar-refractivity contribution in [1.29, 1.82) is 0 Å². The van der Waals surface area contributed by atoms with E-state index < -0.39 is 0 Å². The van der Waals surface area contributed by atoms with Gasteiger partial charge in [-0.25, -0.2) is 4.98 Å². The minimum absolute atomic E-state index is 0.150. The average Bonchev–Trinajstić information content (AvgIpc) is 2.75. The van der Waals surface area contributed by atoms with Gasteiger partial charge in [-0.05, 0) is 12.8 Å². The summed E-state index contributed by atoms with van der Waals surface area (Å²) in [4.78, 5) is 17.9. The molecule has 0 aliphatic carbocycles. The van der Waals surface area contributed by atoms with Crippen LogP contribution in [0.5, 0.6) is 0 Å². The topological polar surface area (TPSA) is 45.2 Å². The van der Waals surface area contributed by atoms with Gasteiger partial charge >= 0.3 is 0 Å². The van der Waals surface area contributed by atoms with Gasteiger partial charge in [0, 0.05) is 31.4 Å². The van der Waals surface area contributed by atoms with Crippen molar-refractivity contribution in [1.82, 2.24) is 10.3 Å². The number of hydrogen-bond donors (Lipinski definition) is 1. The molecule has 6 heteroatoms. The van der Waals surface area contributed by atoms with Crippen LogP contribution in [0.15, 0.2) is 5.38 Å². The molecule has 16 heavy (non-hydrogen) atoms. The van der Waals surface area contributed by atoms with Gasteiger partial charge < -0.3 is 10.2 Å². The molecule has 0 aromatic carbocycles. The molecule has 1 N–H and O–H groups in total. The van der Waals surface area contributed by atoms with Gasteiger partial charge in [0.1, 0.15) is 5.15 Å². The number of thiazole rings is 1. The lowest BCUT2D eigenvalue weighted by Gasteiger charge is -2.30. The second kappa shape index (κ2) is 5.01. The Hall–Kier alpha value is -0.810. The largest absolute Gasteiger partial charge is 0.359 e. The molecule has 2 heterocycles. The molecular weight excluding hydrogens is 246 g/mol. The molecule has 0 unspecified atom stereocenters. The number of piperidine rings is 1. The first-order valence-electron chi connectivity index (χ1n) is 5.28. The van der Waals surface area contributed by atoms with Gasteiger partial charge in [-0.2, -0.15) is 0 Å². The van der Waals surface area contributed by atoms with Crippen molar-refractivity contribution in [3.05, 3.63) is 10.5 Å². The van der Waals surface area contributed by atoms with E-state index in [0.29, 0.717) is 5.15 Å². The fourth-order valence-electron chi connectivity index (χ4n) is 1.93. The van der Waals surface area contributed by atoms with Crippen molar-refractivity contribution >= 4 is 34.0 Å². The molecule has 1 aromatic rings. The fourth-order valence-corrected chi connectivity index (χ4v) is 2.93. The van der Waals surface area contributed by atoms with Crippen LogP contribution in [-0.2, 0) is 4.79 Å². The first kappa shape index (κ1) is 11.7. The predicted octanol–water partition coefficient (Wildman–Crippen LogP) is 1.76. The lowest BCUT2D eigenvalue weighted by molar-refractivity contribution is -0.125. The van der Waals surface area contributed by atoms with Crippen LogP contribution in [0.3, 0.4) is 0 Å². The van der Waals surface area contributed by atoms with Gasteiger partial charge in [-0.1, -0.05) is 11.6 Å². The summed E-state index contributed by atoms with van der Waals surface area (Å²) in [6, 6.07) is 0. The Bertz CT molecular complexity index is 374. The van der Waals surface area contributed by atoms with E-state index in [2.05, 4.69) is 15.2 Å². The van der Waals surface area contributed by atoms with E-state index in [-0.39, 0.29) is 11.8 Å². The highest BCUT2D eigenvalue weighted by Gasteiger charge is 2.25. The van der Waals surface area contributed by atoms with Gasteiger partial charge in [0.05, 0.1) is 0 Å². The number of nitrogens with zero attached hydrogens (tertiary/aromatic N) is 2. The second-order valence-electron chi connectivity index (χ2n) is 3.83. The van der Waals surface area contributed by atoms with Crippen LogP contribution in [0.4, 0.5) is 5.13 Å². The highest BCUT2D eigenvalue weighted by Crippen LogP contribution is 2.27. The van der Waals surface area contributed by atoms with Crippen LogP contribution in [0.1, 0.15) is 12.8 Å². The standard InChI is InChI=1S/C10H14ClN3OS/c1-12-9(15)7-2-4-14(5-3-7)10-13-8(11)6-16-10/h6-7H,2-5H2,1H3,(H,12,15). The van der Waals surface area contributed by atoms with Crippen molar-refractivity contribution in [2.75, 3.05) is 25.0 Å². The lowest BCUT2D eigenvalue weighted by atomic mass is 9.96. The zero-order valence-corrected chi connectivity index (χ0v) is 10.6. The molecule has 1 amide bonds. The quantitative estimate of drug-likeness (QED) is 0.880. The first-order chi connectivity index (χ1) is 7.70. The maximum absolute atomic E-state index is 11.5. The summed E-state index contributed by atoms with van der Waals surface area (Å²) in [5, 5.41) is 6.04. The van der Waals surface area contributed by atoms with Crippen LogP contribution in [0, 0.1) is 5.92 Å². The van der Waals surface area contributed by atoms with Crippen molar-refractivity contribution in [2.45, 2.75) is 12.8 Å². The molecular formula is C10H14ClN3OS. The minimum atomic E-state index is 0.150. The molecule has 1 aliphatic rings. The Kier molecular flexibility index (Phi) is 3.66. The van der Waals surface area contributed by atoms with Crippen LogP contribution >= 0.6 is 22.9 Å². The molecule has 0 spiro atoms. The summed E-state index contributed by atoms with van der Waals surface area (Å²) in [5.41, 5.74) is 0. The molecule has 0 bridgehead atoms. The summed E-state index contributed by atoms with van der Waals surface area (Å²) < 4.78 is 0. The Balaban J connectivity index is 1.92. The van der Waals surface area contributed by atoms with Gasteiger partial charge in [0.2, 0.25) is 5.91 Å². The Morgan fingerprint density at radius 3 is 2.81 bits per heavy atom. The number of aromatic nitrogens is 1. The van der Waals surface area contributed by atoms with Crippen LogP contribution in [0.2, 0.25) is 5.15 Å². The molecule has 1 fully saturated rings. The number of carbonyl (C=O) groups is 1. The van der Waals surface area contributed by atoms with E-state index in [0.717, 1.165) is 31.1 Å². The molecule has 4 nitrogen and oxygen atoms in total. The van der Waals surface area contributed by atoms with Gasteiger partial charge in [-0.15, -0.1) is 11.3 Å². The molecule has 0 atom stereocenters. The summed E-state index contributed by atoms with van der Waals surface area (Å²) in [6.45, 7) is 1.75. The summed E-state index contributed by atoms with van der Waals surface area (Å²) in [7, 11) is 1.69. The van der Waals surface area contributed by atoms with Crippen LogP contribution in [-0.4, -0.2) is 31.0 Å². The molecule has 1 saturated heterocycles. The first-order valence-corrected chi connectivity index (χ1v) is 6.54. The third kappa shape index (κ3) is 2.47. The zero-order valence-electron chi connectivity index (χ0n) is 9.07. The number of carbonyl (C=O) groups excluding carboxylic acids is 1. The molecule has 1 aliphatic heterocycles. The van der Waals surface area contributed by atoms with Crippen LogP contribution in [0.25, 0.3) is 0 Å². The molecule has 1 aromatic heterocycles. The molecule has 2 rings (SSSR count). The number of anilines is 1. The van der Waals surface area contributed by atoms with E-state index in [1.807, 2.05) is 5.38 Å². The average molecular weight is 260 g/mol. The Morgan fingerprint density at radius 2 is 2.31 bits per heavy atom. The van der Waals surface area contributed by atoms with Gasteiger partial charge in [-0.3, -0.25) is 4.79 Å². The Labute approximate surface area is 104 Å². The van der Waals surface area contributed by atoms with E-state index in [9.17, 15) is 4.79 Å². The zero-order chi connectivity index (χ0) is 11.5. The summed E-state index contributed by atoms with van der Waals surface area (Å²) in [6.07, 6.45) is 1.77. The molecule has 88 valence electrons. The van der Waals surface area contributed by atoms with E-state index in [1.165, 1.54) is 0 Å². The van der Waals surface area contributed by atoms with Gasteiger partial charge in [0.15, 0.2) is 5.13 Å². The summed E-state index contributed by atoms with van der Waals surface area (Å²) >= 11 is 7.34. The fraction of sp³-hybridized carbons (Fsp3) is 0.600. The van der Waals surface area contributed by atoms with Crippen LogP contribution < -0.4 is 10.2 Å². The smallest absolute Gasteiger partial charge is 0.222 e. The van der Waals surface area contributed by atoms with Gasteiger partial charge in [0.25, 0.3) is 0 Å². The highest BCUT2D eigenvalue weighted by atomic mass is 35.5. The third-order valence-corrected chi connectivity index (χ3v) is 4.07. The van der Waals surface area contributed by atoms with Crippen molar-refractivity contribution in [3.8, 4) is 0 Å². The van der Waals surface area contributed by atoms with Crippen molar-refractivity contribution in [2.24, 2.45) is 5.92 Å². The number of amides is 1. The monoisotopic (exact) mass is 259 g/mol.